The molecule has 0 spiro atoms. The molecule has 1 aliphatic heterocycles. The molecule has 2 N–H and O–H groups in total. The summed E-state index contributed by atoms with van der Waals surface area (Å²) < 4.78 is 40.8. The van der Waals surface area contributed by atoms with Gasteiger partial charge in [-0.1, -0.05) is 36.4 Å². The van der Waals surface area contributed by atoms with Gasteiger partial charge in [-0.25, -0.2) is 4.79 Å². The van der Waals surface area contributed by atoms with Gasteiger partial charge in [0.05, 0.1) is 22.6 Å². The highest BCUT2D eigenvalue weighted by Gasteiger charge is 2.44. The Labute approximate surface area is 213 Å². The average Bonchev–Trinajstić information content (AvgIpc) is 3.54. The topological polar surface area (TPSA) is 89.0 Å². The van der Waals surface area contributed by atoms with Crippen LogP contribution in [0.15, 0.2) is 85.2 Å². The van der Waals surface area contributed by atoms with Crippen molar-refractivity contribution in [2.75, 3.05) is 6.54 Å². The van der Waals surface area contributed by atoms with E-state index < -0.39 is 24.0 Å². The molecule has 1 amide bonds. The third-order valence-electron chi connectivity index (χ3n) is 6.55. The van der Waals surface area contributed by atoms with Gasteiger partial charge in [-0.2, -0.15) is 17.9 Å². The number of amides is 1. The molecule has 0 saturated carbocycles. The number of nitrogens with one attached hydrogen (secondary N) is 2. The van der Waals surface area contributed by atoms with E-state index in [-0.39, 0.29) is 23.5 Å². The SMILES string of the molecule is O=C1NCC(c2ccccc2)c2c1cc(-c1ccnc(-c3ccc4[nH]ccc4c3)c1)n2OC(=O)C(F)(F)F. The third kappa shape index (κ3) is 4.09. The van der Waals surface area contributed by atoms with Gasteiger partial charge in [0.1, 0.15) is 0 Å². The highest BCUT2D eigenvalue weighted by molar-refractivity contribution is 5.99. The van der Waals surface area contributed by atoms with Crippen LogP contribution in [-0.2, 0) is 4.79 Å². The van der Waals surface area contributed by atoms with Gasteiger partial charge in [-0.3, -0.25) is 9.78 Å². The molecule has 0 bridgehead atoms. The number of carbonyl (C=O) groups excluding carboxylic acids is 2. The molecule has 0 aliphatic carbocycles. The van der Waals surface area contributed by atoms with Crippen LogP contribution in [0.25, 0.3) is 33.4 Å². The summed E-state index contributed by atoms with van der Waals surface area (Å²) in [5, 5.41) is 3.75. The molecule has 190 valence electrons. The molecule has 2 aromatic carbocycles. The van der Waals surface area contributed by atoms with E-state index in [1.165, 1.54) is 12.3 Å². The molecule has 4 heterocycles. The Bertz CT molecular complexity index is 1690. The van der Waals surface area contributed by atoms with Crippen LogP contribution in [0, 0.1) is 0 Å². The second kappa shape index (κ2) is 8.91. The van der Waals surface area contributed by atoms with E-state index >= 15 is 0 Å². The predicted octanol–water partition coefficient (Wildman–Crippen LogP) is 5.09. The normalized spacial score (nSPS) is 15.2. The van der Waals surface area contributed by atoms with E-state index in [0.29, 0.717) is 11.3 Å². The number of rotatable bonds is 4. The first-order valence-electron chi connectivity index (χ1n) is 11.7. The highest BCUT2D eigenvalue weighted by Crippen LogP contribution is 2.37. The van der Waals surface area contributed by atoms with Crippen LogP contribution in [-0.4, -0.2) is 39.3 Å². The van der Waals surface area contributed by atoms with E-state index in [1.807, 2.05) is 36.5 Å². The zero-order chi connectivity index (χ0) is 26.4. The summed E-state index contributed by atoms with van der Waals surface area (Å²) in [6, 6.07) is 21.3. The summed E-state index contributed by atoms with van der Waals surface area (Å²) >= 11 is 0. The molecular formula is C28H19F3N4O3. The second-order valence-corrected chi connectivity index (χ2v) is 8.88. The number of benzene rings is 2. The van der Waals surface area contributed by atoms with Gasteiger partial charge < -0.3 is 15.1 Å². The summed E-state index contributed by atoms with van der Waals surface area (Å²) in [6.07, 6.45) is -1.90. The van der Waals surface area contributed by atoms with Gasteiger partial charge in [0.2, 0.25) is 0 Å². The van der Waals surface area contributed by atoms with Crippen LogP contribution in [0.5, 0.6) is 0 Å². The minimum absolute atomic E-state index is 0.122. The molecule has 1 aliphatic rings. The number of halogens is 3. The van der Waals surface area contributed by atoms with Gasteiger partial charge in [-0.05, 0) is 42.0 Å². The molecule has 6 rings (SSSR count). The molecule has 5 aromatic rings. The lowest BCUT2D eigenvalue weighted by Gasteiger charge is -2.26. The molecule has 10 heteroatoms. The molecule has 0 radical (unpaired) electrons. The Hall–Kier alpha value is -4.86. The van der Waals surface area contributed by atoms with Gasteiger partial charge in [0.25, 0.3) is 5.91 Å². The van der Waals surface area contributed by atoms with Crippen LogP contribution >= 0.6 is 0 Å². The number of aromatic amines is 1. The smallest absolute Gasteiger partial charge is 0.361 e. The largest absolute Gasteiger partial charge is 0.493 e. The van der Waals surface area contributed by atoms with Gasteiger partial charge >= 0.3 is 12.1 Å². The number of alkyl halides is 3. The highest BCUT2D eigenvalue weighted by atomic mass is 19.4. The maximum absolute atomic E-state index is 13.3. The third-order valence-corrected chi connectivity index (χ3v) is 6.55. The number of hydrogen-bond acceptors (Lipinski definition) is 4. The Kier molecular flexibility index (Phi) is 5.52. The van der Waals surface area contributed by atoms with Crippen molar-refractivity contribution in [1.82, 2.24) is 20.0 Å². The Morgan fingerprint density at radius 3 is 2.61 bits per heavy atom. The lowest BCUT2D eigenvalue weighted by Crippen LogP contribution is -2.39. The molecule has 3 aromatic heterocycles. The van der Waals surface area contributed by atoms with Crippen molar-refractivity contribution in [2.45, 2.75) is 12.1 Å². The van der Waals surface area contributed by atoms with E-state index in [4.69, 9.17) is 4.84 Å². The van der Waals surface area contributed by atoms with Crippen LogP contribution in [0.1, 0.15) is 27.5 Å². The fraction of sp³-hybridized carbons (Fsp3) is 0.107. The van der Waals surface area contributed by atoms with E-state index in [2.05, 4.69) is 15.3 Å². The maximum Gasteiger partial charge on any atom is 0.493 e. The molecular weight excluding hydrogens is 497 g/mol. The quantitative estimate of drug-likeness (QED) is 0.348. The van der Waals surface area contributed by atoms with Crippen molar-refractivity contribution in [3.63, 3.8) is 0 Å². The monoisotopic (exact) mass is 516 g/mol. The molecule has 0 fully saturated rings. The van der Waals surface area contributed by atoms with Crippen LogP contribution in [0.2, 0.25) is 0 Å². The fourth-order valence-electron chi connectivity index (χ4n) is 4.76. The number of carbonyl (C=O) groups is 2. The predicted molar refractivity (Wildman–Crippen MR) is 133 cm³/mol. The number of hydrogen-bond donors (Lipinski definition) is 2. The summed E-state index contributed by atoms with van der Waals surface area (Å²) in [6.45, 7) is 0.126. The van der Waals surface area contributed by atoms with Crippen molar-refractivity contribution >= 4 is 22.8 Å². The minimum Gasteiger partial charge on any atom is -0.361 e. The standard InChI is InChI=1S/C28H19F3N4O3/c29-28(30,31)27(37)38-35-24(14-20-25(35)21(15-34-26(20)36)16-4-2-1-3-5-16)19-9-11-33-23(13-19)17-6-7-22-18(12-17)8-10-32-22/h1-14,21,32H,15H2,(H,34,36). The van der Waals surface area contributed by atoms with E-state index in [1.54, 1.807) is 36.4 Å². The number of nitrogens with zero attached hydrogens (tertiary/aromatic N) is 2. The average molecular weight is 516 g/mol. The number of aromatic nitrogens is 3. The Morgan fingerprint density at radius 1 is 1.00 bits per heavy atom. The first-order chi connectivity index (χ1) is 18.3. The summed E-state index contributed by atoms with van der Waals surface area (Å²) in [7, 11) is 0. The van der Waals surface area contributed by atoms with Crippen LogP contribution in [0.3, 0.4) is 0 Å². The second-order valence-electron chi connectivity index (χ2n) is 8.88. The first-order valence-corrected chi connectivity index (χ1v) is 11.7. The molecule has 1 unspecified atom stereocenters. The van der Waals surface area contributed by atoms with Gasteiger partial charge in [0.15, 0.2) is 0 Å². The number of fused-ring (bicyclic) bond motifs is 2. The summed E-state index contributed by atoms with van der Waals surface area (Å²) in [5.74, 6) is -3.40. The number of H-pyrrole nitrogens is 1. The van der Waals surface area contributed by atoms with Crippen molar-refractivity contribution in [2.24, 2.45) is 0 Å². The zero-order valence-corrected chi connectivity index (χ0v) is 19.6. The lowest BCUT2D eigenvalue weighted by molar-refractivity contribution is -0.200. The maximum atomic E-state index is 13.3. The fourth-order valence-corrected chi connectivity index (χ4v) is 4.76. The van der Waals surface area contributed by atoms with Gasteiger partial charge in [-0.15, -0.1) is 0 Å². The lowest BCUT2D eigenvalue weighted by atomic mass is 9.90. The number of pyridine rings is 1. The van der Waals surface area contributed by atoms with Crippen LogP contribution in [0.4, 0.5) is 13.2 Å². The van der Waals surface area contributed by atoms with E-state index in [9.17, 15) is 22.8 Å². The van der Waals surface area contributed by atoms with Crippen molar-refractivity contribution < 1.29 is 27.6 Å². The molecule has 0 saturated heterocycles. The van der Waals surface area contributed by atoms with Crippen molar-refractivity contribution in [1.29, 1.82) is 0 Å². The van der Waals surface area contributed by atoms with Gasteiger partial charge in [0, 0.05) is 46.9 Å². The summed E-state index contributed by atoms with van der Waals surface area (Å²) in [5.41, 5.74) is 3.88. The van der Waals surface area contributed by atoms with Crippen molar-refractivity contribution in [3.05, 3.63) is 102 Å². The van der Waals surface area contributed by atoms with Crippen molar-refractivity contribution in [3.8, 4) is 22.5 Å². The first kappa shape index (κ1) is 23.5. The minimum atomic E-state index is -5.23. The Morgan fingerprint density at radius 2 is 1.82 bits per heavy atom. The zero-order valence-electron chi connectivity index (χ0n) is 19.6. The van der Waals surface area contributed by atoms with E-state index in [0.717, 1.165) is 26.8 Å². The molecule has 7 nitrogen and oxygen atoms in total. The molecule has 1 atom stereocenters. The Balaban J connectivity index is 1.52. The summed E-state index contributed by atoms with van der Waals surface area (Å²) in [4.78, 5) is 37.4. The molecule has 38 heavy (non-hydrogen) atoms. The van der Waals surface area contributed by atoms with Crippen LogP contribution < -0.4 is 10.2 Å².